The van der Waals surface area contributed by atoms with Gasteiger partial charge in [0.1, 0.15) is 9.84 Å². The molecule has 5 nitrogen and oxygen atoms in total. The van der Waals surface area contributed by atoms with Crippen LogP contribution in [0.2, 0.25) is 0 Å². The second-order valence-electron chi connectivity index (χ2n) is 3.23. The highest BCUT2D eigenvalue weighted by atomic mass is 32.2. The van der Waals surface area contributed by atoms with Crippen LogP contribution in [0.25, 0.3) is 0 Å². The molecule has 0 saturated carbocycles. The molecule has 0 aliphatic rings. The summed E-state index contributed by atoms with van der Waals surface area (Å²) in [6.07, 6.45) is 2.28. The van der Waals surface area contributed by atoms with Crippen molar-refractivity contribution < 1.29 is 17.6 Å². The molecule has 0 unspecified atom stereocenters. The molecular weight excluding hydrogens is 235 g/mol. The number of carbonyl (C=O) groups excluding carboxylic acids is 1. The normalized spacial score (nSPS) is 11.1. The van der Waals surface area contributed by atoms with E-state index in [2.05, 4.69) is 10.3 Å². The lowest BCUT2D eigenvalue weighted by Crippen LogP contribution is -2.29. The van der Waals surface area contributed by atoms with Crippen molar-refractivity contribution in [1.29, 1.82) is 0 Å². The number of nitrogens with one attached hydrogen (secondary N) is 1. The van der Waals surface area contributed by atoms with Crippen LogP contribution in [-0.4, -0.2) is 37.9 Å². The monoisotopic (exact) mass is 246 g/mol. The van der Waals surface area contributed by atoms with E-state index in [-0.39, 0.29) is 17.9 Å². The summed E-state index contributed by atoms with van der Waals surface area (Å²) in [5, 5.41) is 2.30. The number of halogens is 1. The fourth-order valence-electron chi connectivity index (χ4n) is 1.00. The maximum Gasteiger partial charge on any atom is 0.255 e. The molecule has 7 heteroatoms. The molecule has 1 rings (SSSR count). The Labute approximate surface area is 92.6 Å². The first-order valence-electron chi connectivity index (χ1n) is 4.46. The molecule has 0 atom stereocenters. The van der Waals surface area contributed by atoms with E-state index >= 15 is 0 Å². The van der Waals surface area contributed by atoms with E-state index in [9.17, 15) is 17.6 Å². The van der Waals surface area contributed by atoms with E-state index in [1.54, 1.807) is 0 Å². The summed E-state index contributed by atoms with van der Waals surface area (Å²) >= 11 is 0. The third kappa shape index (κ3) is 3.93. The van der Waals surface area contributed by atoms with Gasteiger partial charge in [-0.3, -0.25) is 4.79 Å². The largest absolute Gasteiger partial charge is 0.351 e. The molecule has 0 saturated heterocycles. The van der Waals surface area contributed by atoms with E-state index in [0.717, 1.165) is 6.26 Å². The van der Waals surface area contributed by atoms with Crippen LogP contribution in [0.3, 0.4) is 0 Å². The molecule has 0 radical (unpaired) electrons. The first kappa shape index (κ1) is 12.6. The lowest BCUT2D eigenvalue weighted by molar-refractivity contribution is 0.0951. The van der Waals surface area contributed by atoms with E-state index in [1.165, 1.54) is 18.3 Å². The average molecular weight is 246 g/mol. The molecule has 0 spiro atoms. The van der Waals surface area contributed by atoms with Gasteiger partial charge in [0.2, 0.25) is 5.95 Å². The highest BCUT2D eigenvalue weighted by Gasteiger charge is 2.12. The van der Waals surface area contributed by atoms with Crippen LogP contribution in [0.4, 0.5) is 4.39 Å². The van der Waals surface area contributed by atoms with Gasteiger partial charge in [-0.05, 0) is 12.1 Å². The molecule has 0 aliphatic carbocycles. The lowest BCUT2D eigenvalue weighted by Gasteiger charge is -2.04. The molecule has 0 bridgehead atoms. The summed E-state index contributed by atoms with van der Waals surface area (Å²) in [5.41, 5.74) is -0.198. The van der Waals surface area contributed by atoms with Crippen LogP contribution in [0.15, 0.2) is 18.3 Å². The molecule has 16 heavy (non-hydrogen) atoms. The third-order valence-electron chi connectivity index (χ3n) is 1.76. The summed E-state index contributed by atoms with van der Waals surface area (Å²) < 4.78 is 34.6. The average Bonchev–Trinajstić information content (AvgIpc) is 2.16. The standard InChI is InChI=1S/C9H11FN2O3S/c1-16(14,15)6-5-12-9(13)7-3-2-4-11-8(7)10/h2-4H,5-6H2,1H3,(H,12,13). The lowest BCUT2D eigenvalue weighted by atomic mass is 10.2. The van der Waals surface area contributed by atoms with Crippen molar-refractivity contribution in [1.82, 2.24) is 10.3 Å². The Morgan fingerprint density at radius 2 is 2.25 bits per heavy atom. The Morgan fingerprint density at radius 1 is 1.56 bits per heavy atom. The molecule has 1 heterocycles. The minimum absolute atomic E-state index is 0.0496. The second-order valence-corrected chi connectivity index (χ2v) is 5.49. The number of carbonyl (C=O) groups is 1. The Balaban J connectivity index is 2.57. The van der Waals surface area contributed by atoms with Gasteiger partial charge in [-0.25, -0.2) is 13.4 Å². The molecular formula is C9H11FN2O3S. The van der Waals surface area contributed by atoms with Gasteiger partial charge in [0.05, 0.1) is 11.3 Å². The molecule has 1 aromatic heterocycles. The number of rotatable bonds is 4. The highest BCUT2D eigenvalue weighted by Crippen LogP contribution is 2.02. The zero-order chi connectivity index (χ0) is 12.2. The Bertz CT molecular complexity index is 487. The van der Waals surface area contributed by atoms with Crippen LogP contribution in [0.5, 0.6) is 0 Å². The van der Waals surface area contributed by atoms with Gasteiger partial charge in [0, 0.05) is 19.0 Å². The predicted molar refractivity (Wildman–Crippen MR) is 56.2 cm³/mol. The van der Waals surface area contributed by atoms with Gasteiger partial charge in [-0.2, -0.15) is 4.39 Å². The SMILES string of the molecule is CS(=O)(=O)CCNC(=O)c1cccnc1F. The quantitative estimate of drug-likeness (QED) is 0.758. The van der Waals surface area contributed by atoms with Gasteiger partial charge >= 0.3 is 0 Å². The van der Waals surface area contributed by atoms with Crippen molar-refractivity contribution in [2.75, 3.05) is 18.6 Å². The Hall–Kier alpha value is -1.50. The molecule has 0 fully saturated rings. The summed E-state index contributed by atoms with van der Waals surface area (Å²) in [6.45, 7) is -0.0496. The maximum absolute atomic E-state index is 13.0. The third-order valence-corrected chi connectivity index (χ3v) is 2.71. The van der Waals surface area contributed by atoms with Crippen LogP contribution >= 0.6 is 0 Å². The first-order chi connectivity index (χ1) is 7.40. The number of hydrogen-bond donors (Lipinski definition) is 1. The van der Waals surface area contributed by atoms with Gasteiger partial charge in [0.25, 0.3) is 5.91 Å². The second kappa shape index (κ2) is 5.02. The highest BCUT2D eigenvalue weighted by molar-refractivity contribution is 7.90. The number of sulfone groups is 1. The number of nitrogens with zero attached hydrogens (tertiary/aromatic N) is 1. The summed E-state index contributed by atoms with van der Waals surface area (Å²) in [7, 11) is -3.14. The van der Waals surface area contributed by atoms with Crippen molar-refractivity contribution in [2.24, 2.45) is 0 Å². The number of aromatic nitrogens is 1. The number of hydrogen-bond acceptors (Lipinski definition) is 4. The maximum atomic E-state index is 13.0. The Kier molecular flexibility index (Phi) is 3.94. The summed E-state index contributed by atoms with van der Waals surface area (Å²) in [4.78, 5) is 14.7. The van der Waals surface area contributed by atoms with Crippen LogP contribution in [-0.2, 0) is 9.84 Å². The fraction of sp³-hybridized carbons (Fsp3) is 0.333. The molecule has 88 valence electrons. The van der Waals surface area contributed by atoms with Gasteiger partial charge in [0.15, 0.2) is 0 Å². The topological polar surface area (TPSA) is 76.1 Å². The molecule has 1 aromatic rings. The van der Waals surface area contributed by atoms with Crippen molar-refractivity contribution in [2.45, 2.75) is 0 Å². The van der Waals surface area contributed by atoms with Crippen molar-refractivity contribution in [3.05, 3.63) is 29.8 Å². The molecule has 0 aromatic carbocycles. The van der Waals surface area contributed by atoms with E-state index in [4.69, 9.17) is 0 Å². The molecule has 1 N–H and O–H groups in total. The van der Waals surface area contributed by atoms with Crippen molar-refractivity contribution in [3.8, 4) is 0 Å². The minimum Gasteiger partial charge on any atom is -0.351 e. The first-order valence-corrected chi connectivity index (χ1v) is 6.52. The Morgan fingerprint density at radius 3 is 2.81 bits per heavy atom. The summed E-state index contributed by atoms with van der Waals surface area (Å²) in [6, 6.07) is 2.70. The minimum atomic E-state index is -3.14. The van der Waals surface area contributed by atoms with E-state index < -0.39 is 21.7 Å². The number of pyridine rings is 1. The van der Waals surface area contributed by atoms with Gasteiger partial charge in [-0.15, -0.1) is 0 Å². The van der Waals surface area contributed by atoms with Crippen LogP contribution < -0.4 is 5.32 Å². The van der Waals surface area contributed by atoms with E-state index in [0.29, 0.717) is 0 Å². The fourth-order valence-corrected chi connectivity index (χ4v) is 1.47. The smallest absolute Gasteiger partial charge is 0.255 e. The van der Waals surface area contributed by atoms with Gasteiger partial charge < -0.3 is 5.32 Å². The number of amides is 1. The van der Waals surface area contributed by atoms with Crippen LogP contribution in [0, 0.1) is 5.95 Å². The predicted octanol–water partition coefficient (Wildman–Crippen LogP) is -0.00490. The van der Waals surface area contributed by atoms with Crippen LogP contribution in [0.1, 0.15) is 10.4 Å². The van der Waals surface area contributed by atoms with Crippen molar-refractivity contribution in [3.63, 3.8) is 0 Å². The zero-order valence-electron chi connectivity index (χ0n) is 8.60. The molecule has 1 amide bonds. The summed E-state index contributed by atoms with van der Waals surface area (Å²) in [5.74, 6) is -1.73. The zero-order valence-corrected chi connectivity index (χ0v) is 9.42. The van der Waals surface area contributed by atoms with E-state index in [1.807, 2.05) is 0 Å². The van der Waals surface area contributed by atoms with Crippen molar-refractivity contribution >= 4 is 15.7 Å². The van der Waals surface area contributed by atoms with Gasteiger partial charge in [-0.1, -0.05) is 0 Å². The molecule has 0 aliphatic heterocycles.